The van der Waals surface area contributed by atoms with Gasteiger partial charge in [0.1, 0.15) is 8.07 Å². The molecule has 0 aliphatic heterocycles. The fourth-order valence-electron chi connectivity index (χ4n) is 9.54. The van der Waals surface area contributed by atoms with Crippen LogP contribution in [0, 0.1) is 5.92 Å². The summed E-state index contributed by atoms with van der Waals surface area (Å²) in [5.41, 5.74) is 15.8. The molecule has 0 spiro atoms. The topological polar surface area (TPSA) is 0 Å². The molecular weight excluding hydrogens is 593 g/mol. The van der Waals surface area contributed by atoms with Crippen molar-refractivity contribution in [3.63, 3.8) is 0 Å². The molecular formula is C47H72Si. The Morgan fingerprint density at radius 1 is 0.771 bits per heavy atom. The Kier molecular flexibility index (Phi) is 12.4. The molecule has 2 aromatic rings. The fourth-order valence-corrected chi connectivity index (χ4v) is 16.7. The summed E-state index contributed by atoms with van der Waals surface area (Å²) in [4.78, 5) is 0. The van der Waals surface area contributed by atoms with Gasteiger partial charge in [-0.25, -0.2) is 0 Å². The van der Waals surface area contributed by atoms with Crippen molar-refractivity contribution >= 4 is 19.3 Å². The first-order valence-electron chi connectivity index (χ1n) is 19.9. The molecule has 0 heterocycles. The molecule has 0 radical (unpaired) electrons. The third kappa shape index (κ3) is 7.48. The molecule has 0 fully saturated rings. The van der Waals surface area contributed by atoms with Crippen molar-refractivity contribution < 1.29 is 0 Å². The molecule has 4 rings (SSSR count). The maximum atomic E-state index is 2.75. The number of benzene rings is 2. The van der Waals surface area contributed by atoms with E-state index in [9.17, 15) is 0 Å². The largest absolute Gasteiger partial charge is 0.115 e. The Labute approximate surface area is 299 Å². The summed E-state index contributed by atoms with van der Waals surface area (Å²) >= 11 is 0. The van der Waals surface area contributed by atoms with E-state index >= 15 is 0 Å². The third-order valence-corrected chi connectivity index (χ3v) is 17.9. The van der Waals surface area contributed by atoms with Gasteiger partial charge in [-0.05, 0) is 112 Å². The van der Waals surface area contributed by atoms with Crippen LogP contribution in [0.3, 0.4) is 0 Å². The number of fused-ring (bicyclic) bond motifs is 1. The molecule has 0 aromatic heterocycles. The molecule has 1 heteroatoms. The Morgan fingerprint density at radius 2 is 1.38 bits per heavy atom. The van der Waals surface area contributed by atoms with Crippen molar-refractivity contribution in [2.45, 2.75) is 184 Å². The summed E-state index contributed by atoms with van der Waals surface area (Å²) in [5.74, 6) is 0.979. The van der Waals surface area contributed by atoms with Gasteiger partial charge in [-0.2, -0.15) is 0 Å². The Morgan fingerprint density at radius 3 is 1.85 bits per heavy atom. The van der Waals surface area contributed by atoms with Crippen LogP contribution in [0.15, 0.2) is 52.3 Å². The zero-order valence-corrected chi connectivity index (χ0v) is 34.9. The number of unbranched alkanes of at least 4 members (excludes halogenated alkanes) is 6. The van der Waals surface area contributed by atoms with Gasteiger partial charge in [-0.15, -0.1) is 0 Å². The van der Waals surface area contributed by atoms with Crippen LogP contribution in [0.1, 0.15) is 182 Å². The van der Waals surface area contributed by atoms with Gasteiger partial charge < -0.3 is 0 Å². The van der Waals surface area contributed by atoms with Gasteiger partial charge >= 0.3 is 0 Å². The van der Waals surface area contributed by atoms with Crippen molar-refractivity contribution in [3.05, 3.63) is 80.1 Å². The number of hydrogen-bond acceptors (Lipinski definition) is 0. The van der Waals surface area contributed by atoms with Crippen LogP contribution in [0.2, 0.25) is 12.1 Å². The first-order valence-corrected chi connectivity index (χ1v) is 22.3. The third-order valence-electron chi connectivity index (χ3n) is 12.2. The average Bonchev–Trinajstić information content (AvgIpc) is 3.58. The number of hydrogen-bond donors (Lipinski definition) is 0. The molecule has 264 valence electrons. The SMILES string of the molecule is CCCCCC[Si](CCCCCC)(C1=C(C)C(C)=C(C)C1C)c1c(C(C)(C)C)cc(-c2cccc3c2C=CC3)c(C(C)C)c1C(C)(C)C. The normalized spacial score (nSPS) is 17.0. The van der Waals surface area contributed by atoms with Gasteiger partial charge in [-0.1, -0.05) is 180 Å². The molecule has 48 heavy (non-hydrogen) atoms. The average molecular weight is 665 g/mol. The lowest BCUT2D eigenvalue weighted by atomic mass is 9.73. The molecule has 0 saturated heterocycles. The Bertz CT molecular complexity index is 1530. The van der Waals surface area contributed by atoms with Crippen molar-refractivity contribution in [2.75, 3.05) is 0 Å². The van der Waals surface area contributed by atoms with E-state index in [1.54, 1.807) is 33.4 Å². The van der Waals surface area contributed by atoms with Crippen molar-refractivity contribution in [1.82, 2.24) is 0 Å². The molecule has 1 atom stereocenters. The van der Waals surface area contributed by atoms with Crippen LogP contribution in [0.5, 0.6) is 0 Å². The van der Waals surface area contributed by atoms with Gasteiger partial charge in [-0.3, -0.25) is 0 Å². The van der Waals surface area contributed by atoms with Gasteiger partial charge in [0.15, 0.2) is 0 Å². The minimum absolute atomic E-state index is 0.0254. The summed E-state index contributed by atoms with van der Waals surface area (Å²) < 4.78 is 0. The molecule has 2 aliphatic carbocycles. The summed E-state index contributed by atoms with van der Waals surface area (Å²) in [6.07, 6.45) is 16.6. The van der Waals surface area contributed by atoms with Crippen LogP contribution < -0.4 is 5.19 Å². The first kappa shape index (κ1) is 38.7. The van der Waals surface area contributed by atoms with E-state index < -0.39 is 8.07 Å². The highest BCUT2D eigenvalue weighted by atomic mass is 28.3. The highest BCUT2D eigenvalue weighted by Crippen LogP contribution is 2.50. The molecule has 2 aliphatic rings. The van der Waals surface area contributed by atoms with Crippen LogP contribution in [-0.2, 0) is 17.3 Å². The van der Waals surface area contributed by atoms with Crippen LogP contribution >= 0.6 is 0 Å². The second-order valence-electron chi connectivity index (χ2n) is 18.0. The fraction of sp³-hybridized carbons (Fsp3) is 0.617. The molecule has 2 aromatic carbocycles. The highest BCUT2D eigenvalue weighted by molar-refractivity contribution is 6.98. The van der Waals surface area contributed by atoms with Gasteiger partial charge in [0.05, 0.1) is 0 Å². The summed E-state index contributed by atoms with van der Waals surface area (Å²) in [6.45, 7) is 34.9. The summed E-state index contributed by atoms with van der Waals surface area (Å²) in [7, 11) is -2.25. The highest BCUT2D eigenvalue weighted by Gasteiger charge is 2.49. The Balaban J connectivity index is 2.25. The van der Waals surface area contributed by atoms with Gasteiger partial charge in [0.2, 0.25) is 0 Å². The lowest BCUT2D eigenvalue weighted by Crippen LogP contribution is -2.57. The lowest BCUT2D eigenvalue weighted by Gasteiger charge is -2.46. The first-order chi connectivity index (χ1) is 22.5. The summed E-state index contributed by atoms with van der Waals surface area (Å²) in [5, 5.41) is 3.75. The van der Waals surface area contributed by atoms with Crippen LogP contribution in [-0.4, -0.2) is 8.07 Å². The number of rotatable bonds is 14. The maximum Gasteiger partial charge on any atom is 0.115 e. The zero-order chi connectivity index (χ0) is 35.6. The van der Waals surface area contributed by atoms with Gasteiger partial charge in [0.25, 0.3) is 0 Å². The van der Waals surface area contributed by atoms with E-state index in [1.165, 1.54) is 85.7 Å². The quantitative estimate of drug-likeness (QED) is 0.139. The summed E-state index contributed by atoms with van der Waals surface area (Å²) in [6, 6.07) is 12.6. The molecule has 0 amide bonds. The van der Waals surface area contributed by atoms with Crippen molar-refractivity contribution in [2.24, 2.45) is 5.92 Å². The smallest absolute Gasteiger partial charge is 0.0795 e. The standard InChI is InChI=1S/C47H72Si/c1-15-17-19-21-29-48(30-22-20-18-16-2,44-35(7)33(5)34(6)36(44)8)45-41(46(9,10)11)31-40(42(32(3)4)43(45)47(12,13)14)39-28-24-26-37-25-23-27-38(37)39/h23-24,26-28,31-32,35H,15-22,25,29-30H2,1-14H3. The minimum atomic E-state index is -2.25. The van der Waals surface area contributed by atoms with Crippen molar-refractivity contribution in [3.8, 4) is 11.1 Å². The van der Waals surface area contributed by atoms with E-state index in [4.69, 9.17) is 0 Å². The second-order valence-corrected chi connectivity index (χ2v) is 22.2. The predicted molar refractivity (Wildman–Crippen MR) is 220 cm³/mol. The monoisotopic (exact) mass is 665 g/mol. The van der Waals surface area contributed by atoms with E-state index in [-0.39, 0.29) is 10.8 Å². The van der Waals surface area contributed by atoms with Crippen LogP contribution in [0.4, 0.5) is 0 Å². The van der Waals surface area contributed by atoms with E-state index in [0.717, 1.165) is 6.42 Å². The molecule has 0 nitrogen and oxygen atoms in total. The van der Waals surface area contributed by atoms with Crippen LogP contribution in [0.25, 0.3) is 17.2 Å². The van der Waals surface area contributed by atoms with E-state index in [0.29, 0.717) is 11.8 Å². The Hall–Kier alpha value is -2.12. The maximum absolute atomic E-state index is 2.75. The predicted octanol–water partition coefficient (Wildman–Crippen LogP) is 14.3. The lowest BCUT2D eigenvalue weighted by molar-refractivity contribution is 0.565. The zero-order valence-electron chi connectivity index (χ0n) is 33.9. The molecule has 0 N–H and O–H groups in total. The van der Waals surface area contributed by atoms with E-state index in [2.05, 4.69) is 133 Å². The molecule has 0 saturated carbocycles. The van der Waals surface area contributed by atoms with E-state index in [1.807, 2.05) is 10.4 Å². The van der Waals surface area contributed by atoms with Crippen molar-refractivity contribution in [1.29, 1.82) is 0 Å². The van der Waals surface area contributed by atoms with Gasteiger partial charge in [0, 0.05) is 0 Å². The number of allylic oxidation sites excluding steroid dienone is 5. The minimum Gasteiger partial charge on any atom is -0.0795 e. The molecule has 1 unspecified atom stereocenters. The molecule has 0 bridgehead atoms. The second kappa shape index (κ2) is 15.4.